The molecule has 2 rings (SSSR count). The predicted molar refractivity (Wildman–Crippen MR) is 57.5 cm³/mol. The fourth-order valence-corrected chi connectivity index (χ4v) is 0.977. The van der Waals surface area contributed by atoms with Gasteiger partial charge in [-0.25, -0.2) is 12.2 Å². The van der Waals surface area contributed by atoms with Crippen molar-refractivity contribution in [1.82, 2.24) is 0 Å². The van der Waals surface area contributed by atoms with Crippen LogP contribution in [0.5, 0.6) is 0 Å². The third-order valence-corrected chi connectivity index (χ3v) is 1.80. The van der Waals surface area contributed by atoms with Crippen molar-refractivity contribution in [3.63, 3.8) is 0 Å². The molecule has 0 amide bonds. The first-order valence-electron chi connectivity index (χ1n) is 4.54. The molecule has 0 unspecified atom stereocenters. The second-order valence-electron chi connectivity index (χ2n) is 3.16. The molecule has 0 fully saturated rings. The van der Waals surface area contributed by atoms with E-state index in [1.165, 1.54) is 11.1 Å². The number of benzene rings is 1. The molecular formula is C13H15Fe-. The summed E-state index contributed by atoms with van der Waals surface area (Å²) in [5.74, 6) is 0. The van der Waals surface area contributed by atoms with E-state index in [1.807, 2.05) is 12.2 Å². The van der Waals surface area contributed by atoms with Crippen molar-refractivity contribution < 1.29 is 17.1 Å². The van der Waals surface area contributed by atoms with Crippen LogP contribution < -0.4 is 0 Å². The van der Waals surface area contributed by atoms with E-state index in [2.05, 4.69) is 50.3 Å². The Morgan fingerprint density at radius 1 is 1.00 bits per heavy atom. The summed E-state index contributed by atoms with van der Waals surface area (Å²) in [6.45, 7) is 4.19. The van der Waals surface area contributed by atoms with E-state index in [4.69, 9.17) is 0 Å². The van der Waals surface area contributed by atoms with Crippen molar-refractivity contribution >= 4 is 0 Å². The van der Waals surface area contributed by atoms with Gasteiger partial charge in [0.25, 0.3) is 0 Å². The van der Waals surface area contributed by atoms with E-state index in [1.54, 1.807) is 0 Å². The van der Waals surface area contributed by atoms with Gasteiger partial charge < -0.3 is 0 Å². The average Bonchev–Trinajstić information content (AvgIpc) is 2.68. The van der Waals surface area contributed by atoms with Gasteiger partial charge in [-0.1, -0.05) is 35.4 Å². The molecule has 1 aromatic rings. The summed E-state index contributed by atoms with van der Waals surface area (Å²) in [6.07, 6.45) is 10.0. The smallest absolute Gasteiger partial charge is 0 e. The Labute approximate surface area is 97.2 Å². The van der Waals surface area contributed by atoms with E-state index in [0.717, 1.165) is 6.42 Å². The maximum Gasteiger partial charge on any atom is 0 e. The SMILES string of the molecule is Cc1ccc(C)cc1.[C-]1=CC=CC1.[Fe]. The summed E-state index contributed by atoms with van der Waals surface area (Å²) in [7, 11) is 0. The summed E-state index contributed by atoms with van der Waals surface area (Å²) >= 11 is 0. The molecule has 0 aliphatic heterocycles. The normalized spacial score (nSPS) is 11.6. The molecule has 0 nitrogen and oxygen atoms in total. The van der Waals surface area contributed by atoms with E-state index in [-0.39, 0.29) is 17.1 Å². The molecule has 1 aliphatic rings. The van der Waals surface area contributed by atoms with Crippen LogP contribution in [0.2, 0.25) is 0 Å². The Bertz CT molecular complexity index is 263. The molecule has 76 valence electrons. The standard InChI is InChI=1S/C8H10.C5H5.Fe/c1-7-3-5-8(2)6-4-7;1-2-4-5-3-1;/h3-6H,1-2H3;1-3H,4H2;/q;-1;. The number of hydrogen-bond donors (Lipinski definition) is 0. The Morgan fingerprint density at radius 3 is 1.71 bits per heavy atom. The van der Waals surface area contributed by atoms with Crippen LogP contribution in [0.3, 0.4) is 0 Å². The maximum atomic E-state index is 2.99. The Hall–Kier alpha value is -0.781. The fraction of sp³-hybridized carbons (Fsp3) is 0.231. The van der Waals surface area contributed by atoms with E-state index < -0.39 is 0 Å². The molecular weight excluding hydrogens is 212 g/mol. The number of allylic oxidation sites excluding steroid dienone is 4. The van der Waals surface area contributed by atoms with Crippen LogP contribution in [0.4, 0.5) is 0 Å². The number of rotatable bonds is 0. The van der Waals surface area contributed by atoms with Gasteiger partial charge in [0.2, 0.25) is 0 Å². The van der Waals surface area contributed by atoms with E-state index in [9.17, 15) is 0 Å². The second-order valence-corrected chi connectivity index (χ2v) is 3.16. The molecule has 1 heteroatoms. The first kappa shape index (κ1) is 13.2. The minimum atomic E-state index is 0. The Morgan fingerprint density at radius 2 is 1.50 bits per heavy atom. The molecule has 14 heavy (non-hydrogen) atoms. The third kappa shape index (κ3) is 5.80. The molecule has 0 spiro atoms. The summed E-state index contributed by atoms with van der Waals surface area (Å²) < 4.78 is 0. The van der Waals surface area contributed by atoms with Gasteiger partial charge in [0, 0.05) is 17.1 Å². The molecule has 1 aromatic carbocycles. The van der Waals surface area contributed by atoms with E-state index in [0.29, 0.717) is 0 Å². The van der Waals surface area contributed by atoms with Crippen LogP contribution in [0, 0.1) is 19.9 Å². The summed E-state index contributed by atoms with van der Waals surface area (Å²) in [6, 6.07) is 8.48. The zero-order chi connectivity index (χ0) is 9.52. The zero-order valence-corrected chi connectivity index (χ0v) is 9.71. The molecule has 0 bridgehead atoms. The molecule has 0 heterocycles. The van der Waals surface area contributed by atoms with Gasteiger partial charge in [-0.2, -0.15) is 6.08 Å². The maximum absolute atomic E-state index is 2.99. The largest absolute Gasteiger partial charge is 0.273 e. The first-order valence-corrected chi connectivity index (χ1v) is 4.54. The van der Waals surface area contributed by atoms with Gasteiger partial charge >= 0.3 is 0 Å². The quantitative estimate of drug-likeness (QED) is 0.469. The minimum Gasteiger partial charge on any atom is -0.273 e. The van der Waals surface area contributed by atoms with Crippen molar-refractivity contribution in [3.05, 3.63) is 59.7 Å². The molecule has 0 N–H and O–H groups in total. The monoisotopic (exact) mass is 227 g/mol. The van der Waals surface area contributed by atoms with Crippen LogP contribution in [0.1, 0.15) is 17.5 Å². The summed E-state index contributed by atoms with van der Waals surface area (Å²) in [4.78, 5) is 0. The van der Waals surface area contributed by atoms with Crippen molar-refractivity contribution in [2.45, 2.75) is 20.3 Å². The number of hydrogen-bond acceptors (Lipinski definition) is 0. The summed E-state index contributed by atoms with van der Waals surface area (Å²) in [5.41, 5.74) is 2.66. The average molecular weight is 227 g/mol. The van der Waals surface area contributed by atoms with Crippen molar-refractivity contribution in [2.75, 3.05) is 0 Å². The van der Waals surface area contributed by atoms with Gasteiger partial charge in [0.1, 0.15) is 0 Å². The molecule has 0 saturated carbocycles. The number of aryl methyl sites for hydroxylation is 2. The minimum absolute atomic E-state index is 0. The first-order chi connectivity index (χ1) is 6.29. The van der Waals surface area contributed by atoms with Gasteiger partial charge in [0.05, 0.1) is 0 Å². The van der Waals surface area contributed by atoms with Crippen LogP contribution in [-0.2, 0) is 17.1 Å². The van der Waals surface area contributed by atoms with Gasteiger partial charge in [-0.3, -0.25) is 6.08 Å². The molecule has 0 aromatic heterocycles. The predicted octanol–water partition coefficient (Wildman–Crippen LogP) is 3.61. The third-order valence-electron chi connectivity index (χ3n) is 1.80. The van der Waals surface area contributed by atoms with Gasteiger partial charge in [-0.15, -0.1) is 6.42 Å². The second kappa shape index (κ2) is 7.61. The van der Waals surface area contributed by atoms with Crippen molar-refractivity contribution in [3.8, 4) is 0 Å². The van der Waals surface area contributed by atoms with E-state index >= 15 is 0 Å². The fourth-order valence-electron chi connectivity index (χ4n) is 0.977. The Kier molecular flexibility index (Phi) is 7.18. The van der Waals surface area contributed by atoms with Crippen LogP contribution in [-0.4, -0.2) is 0 Å². The van der Waals surface area contributed by atoms with Crippen molar-refractivity contribution in [2.24, 2.45) is 0 Å². The molecule has 0 radical (unpaired) electrons. The van der Waals surface area contributed by atoms with Crippen LogP contribution in [0.15, 0.2) is 42.5 Å². The molecule has 0 saturated heterocycles. The summed E-state index contributed by atoms with van der Waals surface area (Å²) in [5, 5.41) is 0. The van der Waals surface area contributed by atoms with Crippen LogP contribution >= 0.6 is 0 Å². The van der Waals surface area contributed by atoms with Crippen molar-refractivity contribution in [1.29, 1.82) is 0 Å². The van der Waals surface area contributed by atoms with Crippen LogP contribution in [0.25, 0.3) is 0 Å². The topological polar surface area (TPSA) is 0 Å². The van der Waals surface area contributed by atoms with Gasteiger partial charge in [-0.05, 0) is 13.8 Å². The Balaban J connectivity index is 0.000000246. The molecule has 0 atom stereocenters. The molecule has 1 aliphatic carbocycles. The van der Waals surface area contributed by atoms with Gasteiger partial charge in [0.15, 0.2) is 0 Å². The zero-order valence-electron chi connectivity index (χ0n) is 8.60.